The second-order valence-electron chi connectivity index (χ2n) is 10.4. The molecular formula is C34H31FN2O7S. The van der Waals surface area contributed by atoms with E-state index in [4.69, 9.17) is 28.7 Å². The second kappa shape index (κ2) is 13.0. The number of nitrogens with zero attached hydrogens (tertiary/aromatic N) is 2. The van der Waals surface area contributed by atoms with Crippen LogP contribution in [0.4, 0.5) is 4.39 Å². The number of aromatic nitrogens is 1. The standard InChI is InChI=1S/C34H31FN2O7S/c1-4-6-24-30(33(39)41-5-2)31(22-10-14-26-28(17-22)44-19-43-26)37-32(38)29(45-34(37)36-24)16-21-9-13-25(27(15-21)40-3)42-18-20-7-11-23(35)12-8-20/h7-17,31H,4-6,18-19H2,1-3H3/b29-16-/t31-/m1/s1. The maximum atomic E-state index is 14.1. The van der Waals surface area contributed by atoms with Crippen LogP contribution in [-0.2, 0) is 16.1 Å². The molecule has 3 aromatic carbocycles. The zero-order valence-corrected chi connectivity index (χ0v) is 25.8. The lowest BCUT2D eigenvalue weighted by Gasteiger charge is -2.25. The summed E-state index contributed by atoms with van der Waals surface area (Å²) in [6, 6.07) is 16.1. The van der Waals surface area contributed by atoms with Gasteiger partial charge in [-0.15, -0.1) is 0 Å². The maximum absolute atomic E-state index is 14.1. The second-order valence-corrected chi connectivity index (χ2v) is 11.4. The van der Waals surface area contributed by atoms with E-state index < -0.39 is 12.0 Å². The molecule has 0 unspecified atom stereocenters. The molecule has 0 saturated carbocycles. The van der Waals surface area contributed by atoms with Gasteiger partial charge in [-0.1, -0.05) is 48.9 Å². The molecule has 6 rings (SSSR count). The number of halogens is 1. The molecule has 2 aliphatic heterocycles. The van der Waals surface area contributed by atoms with Crippen LogP contribution in [0, 0.1) is 5.82 Å². The van der Waals surface area contributed by atoms with Crippen LogP contribution in [-0.4, -0.2) is 31.0 Å². The predicted molar refractivity (Wildman–Crippen MR) is 166 cm³/mol. The number of thiazole rings is 1. The van der Waals surface area contributed by atoms with Crippen LogP contribution in [0.2, 0.25) is 0 Å². The van der Waals surface area contributed by atoms with E-state index in [-0.39, 0.29) is 31.4 Å². The van der Waals surface area contributed by atoms with Gasteiger partial charge in [-0.05, 0) is 72.5 Å². The summed E-state index contributed by atoms with van der Waals surface area (Å²) in [6.45, 7) is 4.28. The van der Waals surface area contributed by atoms with Crippen molar-refractivity contribution in [2.75, 3.05) is 20.5 Å². The van der Waals surface area contributed by atoms with E-state index in [1.54, 1.807) is 54.0 Å². The van der Waals surface area contributed by atoms with Gasteiger partial charge in [-0.3, -0.25) is 9.36 Å². The van der Waals surface area contributed by atoms with Crippen LogP contribution in [0.15, 0.2) is 81.7 Å². The number of allylic oxidation sites excluding steroid dienone is 1. The molecule has 0 fully saturated rings. The number of ether oxygens (including phenoxy) is 5. The van der Waals surface area contributed by atoms with Crippen molar-refractivity contribution in [1.29, 1.82) is 0 Å². The maximum Gasteiger partial charge on any atom is 0.338 e. The van der Waals surface area contributed by atoms with Crippen LogP contribution in [0.25, 0.3) is 6.08 Å². The first-order chi connectivity index (χ1) is 21.9. The van der Waals surface area contributed by atoms with Crippen molar-refractivity contribution in [2.24, 2.45) is 4.99 Å². The summed E-state index contributed by atoms with van der Waals surface area (Å²) >= 11 is 1.25. The predicted octanol–water partition coefficient (Wildman–Crippen LogP) is 5.03. The molecular weight excluding hydrogens is 599 g/mol. The molecule has 0 spiro atoms. The minimum absolute atomic E-state index is 0.0999. The topological polar surface area (TPSA) is 97.6 Å². The number of fused-ring (bicyclic) bond motifs is 2. The summed E-state index contributed by atoms with van der Waals surface area (Å²) in [5.74, 6) is 1.30. The number of carbonyl (C=O) groups is 1. The lowest BCUT2D eigenvalue weighted by Crippen LogP contribution is -2.40. The number of hydrogen-bond acceptors (Lipinski definition) is 9. The van der Waals surface area contributed by atoms with Crippen molar-refractivity contribution in [1.82, 2.24) is 4.57 Å². The number of esters is 1. The fourth-order valence-electron chi connectivity index (χ4n) is 5.31. The number of hydrogen-bond donors (Lipinski definition) is 0. The molecule has 11 heteroatoms. The van der Waals surface area contributed by atoms with Gasteiger partial charge in [0.05, 0.1) is 35.6 Å². The molecule has 0 aliphatic carbocycles. The lowest BCUT2D eigenvalue weighted by atomic mass is 9.94. The zero-order chi connectivity index (χ0) is 31.5. The van der Waals surface area contributed by atoms with Gasteiger partial charge in [0.1, 0.15) is 12.4 Å². The van der Waals surface area contributed by atoms with Crippen LogP contribution < -0.4 is 33.8 Å². The summed E-state index contributed by atoms with van der Waals surface area (Å²) in [5, 5.41) is 0. The third-order valence-electron chi connectivity index (χ3n) is 7.40. The Labute approximate surface area is 262 Å². The first kappa shape index (κ1) is 30.1. The molecule has 0 N–H and O–H groups in total. The summed E-state index contributed by atoms with van der Waals surface area (Å²) in [5.41, 5.74) is 2.84. The van der Waals surface area contributed by atoms with E-state index in [0.29, 0.717) is 61.1 Å². The van der Waals surface area contributed by atoms with Crippen molar-refractivity contribution in [2.45, 2.75) is 39.3 Å². The average molecular weight is 631 g/mol. The molecule has 0 amide bonds. The Morgan fingerprint density at radius 2 is 1.87 bits per heavy atom. The highest BCUT2D eigenvalue weighted by Gasteiger charge is 2.35. The Bertz CT molecular complexity index is 1960. The molecule has 0 saturated heterocycles. The zero-order valence-electron chi connectivity index (χ0n) is 25.0. The van der Waals surface area contributed by atoms with Crippen LogP contribution in [0.1, 0.15) is 49.4 Å². The molecule has 1 aromatic heterocycles. The van der Waals surface area contributed by atoms with Gasteiger partial charge < -0.3 is 23.7 Å². The van der Waals surface area contributed by atoms with E-state index in [1.807, 2.05) is 19.1 Å². The average Bonchev–Trinajstić information content (AvgIpc) is 3.64. The Hall–Kier alpha value is -4.90. The SMILES string of the molecule is CCCC1=C(C(=O)OCC)[C@@H](c2ccc3c(c2)OCO3)n2c(s/c(=C\c3ccc(OCc4ccc(F)cc4)c(OC)c3)c2=O)=N1. The van der Waals surface area contributed by atoms with Crippen molar-refractivity contribution < 1.29 is 32.9 Å². The Kier molecular flexibility index (Phi) is 8.70. The summed E-state index contributed by atoms with van der Waals surface area (Å²) in [6.07, 6.45) is 3.05. The summed E-state index contributed by atoms with van der Waals surface area (Å²) in [4.78, 5) is 32.8. The molecule has 3 heterocycles. The Morgan fingerprint density at radius 3 is 2.62 bits per heavy atom. The quantitative estimate of drug-likeness (QED) is 0.227. The molecule has 4 aromatic rings. The van der Waals surface area contributed by atoms with Crippen LogP contribution in [0.5, 0.6) is 23.0 Å². The third-order valence-corrected chi connectivity index (χ3v) is 8.38. The van der Waals surface area contributed by atoms with Crippen LogP contribution >= 0.6 is 11.3 Å². The van der Waals surface area contributed by atoms with E-state index in [0.717, 1.165) is 12.0 Å². The normalized spacial score (nSPS) is 15.5. The number of rotatable bonds is 10. The highest BCUT2D eigenvalue weighted by atomic mass is 32.1. The van der Waals surface area contributed by atoms with E-state index in [2.05, 4.69) is 0 Å². The van der Waals surface area contributed by atoms with Crippen molar-refractivity contribution in [3.8, 4) is 23.0 Å². The van der Waals surface area contributed by atoms with Gasteiger partial charge in [0.15, 0.2) is 27.8 Å². The number of methoxy groups -OCH3 is 1. The molecule has 0 bridgehead atoms. The fourth-order valence-corrected chi connectivity index (χ4v) is 6.33. The van der Waals surface area contributed by atoms with Gasteiger partial charge in [-0.2, -0.15) is 0 Å². The highest BCUT2D eigenvalue weighted by Crippen LogP contribution is 2.39. The Morgan fingerprint density at radius 1 is 1.07 bits per heavy atom. The third kappa shape index (κ3) is 6.08. The molecule has 45 heavy (non-hydrogen) atoms. The number of carbonyl (C=O) groups excluding carboxylic acids is 1. The van der Waals surface area contributed by atoms with Crippen LogP contribution in [0.3, 0.4) is 0 Å². The minimum Gasteiger partial charge on any atom is -0.493 e. The van der Waals surface area contributed by atoms with E-state index >= 15 is 0 Å². The van der Waals surface area contributed by atoms with Gasteiger partial charge in [0.25, 0.3) is 5.56 Å². The van der Waals surface area contributed by atoms with Crippen molar-refractivity contribution in [3.63, 3.8) is 0 Å². The Balaban J connectivity index is 1.42. The van der Waals surface area contributed by atoms with Crippen molar-refractivity contribution in [3.05, 3.63) is 114 Å². The van der Waals surface area contributed by atoms with E-state index in [1.165, 1.54) is 30.6 Å². The first-order valence-electron chi connectivity index (χ1n) is 14.6. The van der Waals surface area contributed by atoms with Gasteiger partial charge >= 0.3 is 5.97 Å². The lowest BCUT2D eigenvalue weighted by molar-refractivity contribution is -0.139. The van der Waals surface area contributed by atoms with Gasteiger partial charge in [0.2, 0.25) is 6.79 Å². The monoisotopic (exact) mass is 630 g/mol. The largest absolute Gasteiger partial charge is 0.493 e. The minimum atomic E-state index is -0.768. The molecule has 9 nitrogen and oxygen atoms in total. The smallest absolute Gasteiger partial charge is 0.338 e. The molecule has 1 atom stereocenters. The van der Waals surface area contributed by atoms with Crippen molar-refractivity contribution >= 4 is 23.4 Å². The first-order valence-corrected chi connectivity index (χ1v) is 15.4. The summed E-state index contributed by atoms with van der Waals surface area (Å²) < 4.78 is 43.3. The van der Waals surface area contributed by atoms with Gasteiger partial charge in [-0.25, -0.2) is 14.2 Å². The molecule has 232 valence electrons. The van der Waals surface area contributed by atoms with Gasteiger partial charge in [0, 0.05) is 0 Å². The molecule has 2 aliphatic rings. The summed E-state index contributed by atoms with van der Waals surface area (Å²) in [7, 11) is 1.54. The molecule has 0 radical (unpaired) electrons. The van der Waals surface area contributed by atoms with E-state index in [9.17, 15) is 14.0 Å². The highest BCUT2D eigenvalue weighted by molar-refractivity contribution is 7.07. The fraction of sp³-hybridized carbons (Fsp3) is 0.265. The number of benzene rings is 3.